The molecule has 0 radical (unpaired) electrons. The largest absolute Gasteiger partial charge is 0.366 e. The minimum absolute atomic E-state index is 0.277. The van der Waals surface area contributed by atoms with Gasteiger partial charge in [-0.05, 0) is 31.0 Å². The van der Waals surface area contributed by atoms with Crippen molar-refractivity contribution >= 4 is 28.3 Å². The third-order valence-corrected chi connectivity index (χ3v) is 6.13. The van der Waals surface area contributed by atoms with Crippen molar-refractivity contribution in [3.8, 4) is 10.4 Å². The van der Waals surface area contributed by atoms with E-state index in [-0.39, 0.29) is 5.56 Å². The molecule has 5 N–H and O–H groups in total. The van der Waals surface area contributed by atoms with Gasteiger partial charge in [-0.3, -0.25) is 19.9 Å². The Bertz CT molecular complexity index is 856. The van der Waals surface area contributed by atoms with Crippen LogP contribution in [-0.2, 0) is 6.54 Å². The Morgan fingerprint density at radius 1 is 1.14 bits per heavy atom. The van der Waals surface area contributed by atoms with E-state index in [4.69, 9.17) is 11.5 Å². The van der Waals surface area contributed by atoms with Crippen molar-refractivity contribution in [2.24, 2.45) is 11.5 Å². The number of benzene rings is 1. The second-order valence-corrected chi connectivity index (χ2v) is 8.32. The number of primary amides is 2. The Morgan fingerprint density at radius 3 is 2.43 bits per heavy atom. The number of rotatable bonds is 6. The molecule has 0 unspecified atom stereocenters. The van der Waals surface area contributed by atoms with Crippen molar-refractivity contribution in [2.75, 3.05) is 31.5 Å². The highest BCUT2D eigenvalue weighted by Gasteiger charge is 2.21. The van der Waals surface area contributed by atoms with Crippen molar-refractivity contribution in [3.05, 3.63) is 41.5 Å². The van der Waals surface area contributed by atoms with Gasteiger partial charge in [0.25, 0.3) is 5.91 Å². The van der Waals surface area contributed by atoms with E-state index in [1.54, 1.807) is 6.07 Å². The minimum atomic E-state index is -0.716. The minimum Gasteiger partial charge on any atom is -0.366 e. The molecule has 0 bridgehead atoms. The Hall–Kier alpha value is -2.42. The average Bonchev–Trinajstić information content (AvgIpc) is 3.06. The normalized spacial score (nSPS) is 15.7. The molecule has 8 heteroatoms. The van der Waals surface area contributed by atoms with Gasteiger partial charge in [0.05, 0.1) is 5.56 Å². The predicted octanol–water partition coefficient (Wildman–Crippen LogP) is 2.53. The number of nitrogens with one attached hydrogen (secondary N) is 1. The van der Waals surface area contributed by atoms with E-state index in [2.05, 4.69) is 35.0 Å². The highest BCUT2D eigenvalue weighted by atomic mass is 32.1. The van der Waals surface area contributed by atoms with Gasteiger partial charge in [0.15, 0.2) is 0 Å². The predicted molar refractivity (Wildman–Crippen MR) is 113 cm³/mol. The topological polar surface area (TPSA) is 105 Å². The molecule has 0 aliphatic carbocycles. The zero-order valence-electron chi connectivity index (χ0n) is 16.3. The molecule has 7 nitrogen and oxygen atoms in total. The molecule has 0 atom stereocenters. The van der Waals surface area contributed by atoms with E-state index >= 15 is 0 Å². The fraction of sp³-hybridized carbons (Fsp3) is 0.400. The summed E-state index contributed by atoms with van der Waals surface area (Å²) in [6, 6.07) is 9.72. The van der Waals surface area contributed by atoms with Crippen LogP contribution in [0.1, 0.15) is 29.8 Å². The molecule has 1 saturated heterocycles. The summed E-state index contributed by atoms with van der Waals surface area (Å²) < 4.78 is 0. The number of nitrogens with two attached hydrogens (primary N) is 2. The lowest BCUT2D eigenvalue weighted by atomic mass is 10.0. The molecule has 3 rings (SSSR count). The fourth-order valence-corrected chi connectivity index (χ4v) is 4.62. The maximum atomic E-state index is 11.8. The van der Waals surface area contributed by atoms with E-state index in [1.807, 2.05) is 18.2 Å². The van der Waals surface area contributed by atoms with Crippen molar-refractivity contribution < 1.29 is 9.59 Å². The maximum Gasteiger partial charge on any atom is 0.317 e. The molecular weight excluding hydrogens is 374 g/mol. The molecule has 3 amide bonds. The summed E-state index contributed by atoms with van der Waals surface area (Å²) in [6.45, 7) is 9.49. The van der Waals surface area contributed by atoms with Gasteiger partial charge in [-0.1, -0.05) is 24.3 Å². The lowest BCUT2D eigenvalue weighted by Crippen LogP contribution is -2.48. The number of urea groups is 1. The first-order valence-electron chi connectivity index (χ1n) is 9.40. The van der Waals surface area contributed by atoms with Crippen molar-refractivity contribution in [1.82, 2.24) is 9.80 Å². The molecule has 2 heterocycles. The Balaban J connectivity index is 1.83. The summed E-state index contributed by atoms with van der Waals surface area (Å²) in [4.78, 5) is 28.8. The van der Waals surface area contributed by atoms with Gasteiger partial charge in [-0.15, -0.1) is 11.3 Å². The summed E-state index contributed by atoms with van der Waals surface area (Å²) in [5, 5.41) is 2.89. The van der Waals surface area contributed by atoms with Crippen LogP contribution < -0.4 is 16.8 Å². The average molecular weight is 402 g/mol. The molecule has 0 saturated carbocycles. The van der Waals surface area contributed by atoms with Gasteiger partial charge in [0, 0.05) is 43.6 Å². The quantitative estimate of drug-likeness (QED) is 0.692. The molecule has 1 aromatic carbocycles. The monoisotopic (exact) mass is 401 g/mol. The van der Waals surface area contributed by atoms with Crippen molar-refractivity contribution in [3.63, 3.8) is 0 Å². The molecule has 28 heavy (non-hydrogen) atoms. The van der Waals surface area contributed by atoms with Crippen LogP contribution in [0.5, 0.6) is 0 Å². The van der Waals surface area contributed by atoms with Crippen LogP contribution in [0.3, 0.4) is 0 Å². The number of carbonyl (C=O) groups excluding carboxylic acids is 2. The molecule has 150 valence electrons. The summed E-state index contributed by atoms with van der Waals surface area (Å²) in [5.41, 5.74) is 13.2. The molecule has 1 aromatic heterocycles. The van der Waals surface area contributed by atoms with Gasteiger partial charge in [-0.2, -0.15) is 0 Å². The zero-order valence-corrected chi connectivity index (χ0v) is 17.1. The number of amides is 3. The van der Waals surface area contributed by atoms with Crippen LogP contribution in [0.25, 0.3) is 10.4 Å². The van der Waals surface area contributed by atoms with Crippen LogP contribution in [0.15, 0.2) is 30.3 Å². The van der Waals surface area contributed by atoms with Gasteiger partial charge in [0.1, 0.15) is 5.00 Å². The van der Waals surface area contributed by atoms with Gasteiger partial charge >= 0.3 is 6.03 Å². The third-order valence-electron chi connectivity index (χ3n) is 5.05. The molecule has 1 fully saturated rings. The number of nitrogens with zero attached hydrogens (tertiary/aromatic N) is 2. The standard InChI is InChI=1S/C20H27N5O2S/c1-13(2)25-9-7-24(8-10-25)12-14-5-3-4-6-15(14)17-11-16(18(21)26)19(28-17)23-20(22)27/h3-6,11,13H,7-10,12H2,1-2H3,(H2,21,26)(H3,22,23,27). The van der Waals surface area contributed by atoms with E-state index in [0.717, 1.165) is 43.2 Å². The number of carbonyl (C=O) groups is 2. The van der Waals surface area contributed by atoms with Crippen LogP contribution in [0.2, 0.25) is 0 Å². The Morgan fingerprint density at radius 2 is 1.82 bits per heavy atom. The van der Waals surface area contributed by atoms with Gasteiger partial charge < -0.3 is 11.5 Å². The lowest BCUT2D eigenvalue weighted by Gasteiger charge is -2.37. The molecule has 2 aromatic rings. The molecule has 0 spiro atoms. The highest BCUT2D eigenvalue weighted by Crippen LogP contribution is 2.37. The number of anilines is 1. The number of hydrogen-bond donors (Lipinski definition) is 3. The highest BCUT2D eigenvalue weighted by molar-refractivity contribution is 7.20. The number of thiophene rings is 1. The van der Waals surface area contributed by atoms with Crippen molar-refractivity contribution in [1.29, 1.82) is 0 Å². The van der Waals surface area contributed by atoms with E-state index in [9.17, 15) is 9.59 Å². The smallest absolute Gasteiger partial charge is 0.317 e. The summed E-state index contributed by atoms with van der Waals surface area (Å²) >= 11 is 1.31. The van der Waals surface area contributed by atoms with Crippen molar-refractivity contribution in [2.45, 2.75) is 26.4 Å². The third kappa shape index (κ3) is 4.70. The summed E-state index contributed by atoms with van der Waals surface area (Å²) in [5.74, 6) is -0.589. The van der Waals surface area contributed by atoms with Crippen LogP contribution in [-0.4, -0.2) is 54.0 Å². The Kier molecular flexibility index (Phi) is 6.33. The summed E-state index contributed by atoms with van der Waals surface area (Å²) in [6.07, 6.45) is 0. The Labute approximate surface area is 169 Å². The van der Waals surface area contributed by atoms with E-state index < -0.39 is 11.9 Å². The lowest BCUT2D eigenvalue weighted by molar-refractivity contribution is 0.100. The first kappa shape index (κ1) is 20.3. The van der Waals surface area contributed by atoms with E-state index in [1.165, 1.54) is 16.9 Å². The first-order valence-corrected chi connectivity index (χ1v) is 10.2. The van der Waals surface area contributed by atoms with Gasteiger partial charge in [0.2, 0.25) is 0 Å². The number of piperazine rings is 1. The SMILES string of the molecule is CC(C)N1CCN(Cc2ccccc2-c2cc(C(N)=O)c(NC(N)=O)s2)CC1. The molecule has 1 aliphatic rings. The second-order valence-electron chi connectivity index (χ2n) is 7.27. The van der Waals surface area contributed by atoms with Gasteiger partial charge in [-0.25, -0.2) is 4.79 Å². The second kappa shape index (κ2) is 8.72. The molecule has 1 aliphatic heterocycles. The first-order chi connectivity index (χ1) is 13.3. The van der Waals surface area contributed by atoms with Crippen LogP contribution in [0.4, 0.5) is 9.80 Å². The van der Waals surface area contributed by atoms with E-state index in [0.29, 0.717) is 11.0 Å². The summed E-state index contributed by atoms with van der Waals surface area (Å²) in [7, 11) is 0. The zero-order chi connectivity index (χ0) is 20.3. The van der Waals surface area contributed by atoms with Crippen LogP contribution >= 0.6 is 11.3 Å². The fourth-order valence-electron chi connectivity index (χ4n) is 3.49. The molecular formula is C20H27N5O2S. The maximum absolute atomic E-state index is 11.8. The van der Waals surface area contributed by atoms with Crippen LogP contribution in [0, 0.1) is 0 Å². The number of hydrogen-bond acceptors (Lipinski definition) is 5.